The fourth-order valence-electron chi connectivity index (χ4n) is 3.33. The first-order valence-electron chi connectivity index (χ1n) is 8.95. The smallest absolute Gasteiger partial charge is 0.417 e. The average molecular weight is 477 g/mol. The van der Waals surface area contributed by atoms with E-state index in [0.717, 1.165) is 25.4 Å². The standard InChI is InChI=1S/C19H16F5N3O4S/c1-26(18(28)29)9-13-11-6-4-8-25-17(11)27(10-15(20)21)32(30,31)16(13)12-5-2-3-7-14(12)19(22,23)24/h2-8,15H,9-10H2,1H3,(H,28,29). The van der Waals surface area contributed by atoms with Gasteiger partial charge in [0.1, 0.15) is 10.7 Å². The highest BCUT2D eigenvalue weighted by atomic mass is 32.2. The Hall–Kier alpha value is -3.22. The molecule has 13 heteroatoms. The van der Waals surface area contributed by atoms with Gasteiger partial charge in [0.15, 0.2) is 0 Å². The second kappa shape index (κ2) is 8.37. The van der Waals surface area contributed by atoms with Crippen molar-refractivity contribution < 1.29 is 40.3 Å². The number of halogens is 5. The Kier molecular flexibility index (Phi) is 6.13. The number of alkyl halides is 5. The summed E-state index contributed by atoms with van der Waals surface area (Å²) >= 11 is 0. The number of rotatable bonds is 5. The van der Waals surface area contributed by atoms with Gasteiger partial charge in [0, 0.05) is 29.9 Å². The zero-order valence-corrected chi connectivity index (χ0v) is 17.2. The number of likely N-dealkylation sites (N-methyl/N-ethyl adjacent to an activating group) is 1. The second-order valence-electron chi connectivity index (χ2n) is 6.79. The van der Waals surface area contributed by atoms with E-state index in [4.69, 9.17) is 0 Å². The highest BCUT2D eigenvalue weighted by Gasteiger charge is 2.44. The van der Waals surface area contributed by atoms with Crippen LogP contribution in [-0.2, 0) is 16.2 Å². The number of carbonyl (C=O) groups is 1. The Balaban J connectivity index is 2.44. The maximum atomic E-state index is 13.7. The van der Waals surface area contributed by atoms with Gasteiger partial charge in [-0.1, -0.05) is 18.2 Å². The third-order valence-electron chi connectivity index (χ3n) is 4.67. The van der Waals surface area contributed by atoms with Gasteiger partial charge in [-0.3, -0.25) is 0 Å². The van der Waals surface area contributed by atoms with Crippen molar-refractivity contribution in [3.63, 3.8) is 0 Å². The molecule has 1 amide bonds. The first-order chi connectivity index (χ1) is 14.9. The van der Waals surface area contributed by atoms with E-state index in [-0.39, 0.29) is 15.4 Å². The SMILES string of the molecule is CN(CC1=C(c2ccccc2C(F)(F)F)S(=O)(=O)N(CC(F)F)c2ncccc21)C(=O)O. The van der Waals surface area contributed by atoms with Crippen LogP contribution >= 0.6 is 0 Å². The van der Waals surface area contributed by atoms with E-state index < -0.39 is 63.7 Å². The third-order valence-corrected chi connectivity index (χ3v) is 6.56. The molecule has 0 bridgehead atoms. The lowest BCUT2D eigenvalue weighted by Gasteiger charge is -2.34. The number of aromatic nitrogens is 1. The van der Waals surface area contributed by atoms with Crippen molar-refractivity contribution in [3.8, 4) is 0 Å². The van der Waals surface area contributed by atoms with Crippen LogP contribution in [0.1, 0.15) is 16.7 Å². The van der Waals surface area contributed by atoms with Crippen molar-refractivity contribution in [2.24, 2.45) is 0 Å². The van der Waals surface area contributed by atoms with Gasteiger partial charge in [-0.25, -0.2) is 31.3 Å². The van der Waals surface area contributed by atoms with Gasteiger partial charge in [-0.05, 0) is 18.2 Å². The molecular formula is C19H16F5N3O4S. The molecule has 172 valence electrons. The second-order valence-corrected chi connectivity index (χ2v) is 8.59. The lowest BCUT2D eigenvalue weighted by atomic mass is 9.98. The molecule has 0 radical (unpaired) electrons. The van der Waals surface area contributed by atoms with Gasteiger partial charge in [0.25, 0.3) is 16.4 Å². The molecule has 0 spiro atoms. The van der Waals surface area contributed by atoms with Crippen LogP contribution in [0.15, 0.2) is 42.6 Å². The molecule has 0 atom stereocenters. The molecule has 0 unspecified atom stereocenters. The van der Waals surface area contributed by atoms with Crippen molar-refractivity contribution in [2.45, 2.75) is 12.6 Å². The van der Waals surface area contributed by atoms with Crippen LogP contribution in [0.25, 0.3) is 10.5 Å². The largest absolute Gasteiger partial charge is 0.465 e. The monoisotopic (exact) mass is 477 g/mol. The maximum Gasteiger partial charge on any atom is 0.417 e. The quantitative estimate of drug-likeness (QED) is 0.658. The minimum atomic E-state index is -4.98. The highest BCUT2D eigenvalue weighted by Crippen LogP contribution is 2.46. The van der Waals surface area contributed by atoms with Crippen molar-refractivity contribution in [1.29, 1.82) is 0 Å². The molecule has 0 saturated carbocycles. The molecule has 0 aliphatic carbocycles. The topological polar surface area (TPSA) is 90.8 Å². The van der Waals surface area contributed by atoms with Crippen LogP contribution in [0.4, 0.5) is 32.6 Å². The Morgan fingerprint density at radius 2 is 1.78 bits per heavy atom. The molecule has 1 N–H and O–H groups in total. The van der Waals surface area contributed by atoms with E-state index >= 15 is 0 Å². The molecule has 1 aliphatic rings. The number of benzene rings is 1. The maximum absolute atomic E-state index is 13.7. The van der Waals surface area contributed by atoms with Crippen LogP contribution in [0, 0.1) is 0 Å². The summed E-state index contributed by atoms with van der Waals surface area (Å²) in [7, 11) is -3.88. The number of amides is 1. The van der Waals surface area contributed by atoms with Crippen LogP contribution in [-0.4, -0.2) is 56.1 Å². The van der Waals surface area contributed by atoms with Crippen LogP contribution < -0.4 is 4.31 Å². The Morgan fingerprint density at radius 3 is 2.38 bits per heavy atom. The van der Waals surface area contributed by atoms with E-state index in [9.17, 15) is 40.3 Å². The third kappa shape index (κ3) is 4.24. The summed E-state index contributed by atoms with van der Waals surface area (Å²) < 4.78 is 94.7. The lowest BCUT2D eigenvalue weighted by Crippen LogP contribution is -2.41. The molecule has 0 fully saturated rings. The fourth-order valence-corrected chi connectivity index (χ4v) is 5.18. The molecule has 2 heterocycles. The molecular weight excluding hydrogens is 461 g/mol. The number of fused-ring (bicyclic) bond motifs is 1. The first kappa shape index (κ1) is 23.4. The van der Waals surface area contributed by atoms with Crippen LogP contribution in [0.5, 0.6) is 0 Å². The predicted octanol–water partition coefficient (Wildman–Crippen LogP) is 3.99. The van der Waals surface area contributed by atoms with Crippen molar-refractivity contribution >= 4 is 32.4 Å². The van der Waals surface area contributed by atoms with Gasteiger partial charge in [0.2, 0.25) is 0 Å². The van der Waals surface area contributed by atoms with Gasteiger partial charge in [-0.15, -0.1) is 0 Å². The Labute approximate surface area is 179 Å². The van der Waals surface area contributed by atoms with E-state index in [1.807, 2.05) is 0 Å². The number of sulfonamides is 1. The van der Waals surface area contributed by atoms with Crippen LogP contribution in [0.2, 0.25) is 0 Å². The molecule has 1 aromatic heterocycles. The normalized spacial score (nSPS) is 15.7. The highest BCUT2D eigenvalue weighted by molar-refractivity contribution is 8.02. The summed E-state index contributed by atoms with van der Waals surface area (Å²) in [4.78, 5) is 15.0. The molecule has 1 aromatic carbocycles. The molecule has 2 aromatic rings. The Bertz CT molecular complexity index is 1180. The van der Waals surface area contributed by atoms with Gasteiger partial charge < -0.3 is 10.0 Å². The van der Waals surface area contributed by atoms with Gasteiger partial charge in [0.05, 0.1) is 18.7 Å². The van der Waals surface area contributed by atoms with Gasteiger partial charge >= 0.3 is 12.3 Å². The Morgan fingerprint density at radius 1 is 1.16 bits per heavy atom. The van der Waals surface area contributed by atoms with Gasteiger partial charge in [-0.2, -0.15) is 13.2 Å². The minimum absolute atomic E-state index is 0.0666. The number of hydrogen-bond acceptors (Lipinski definition) is 4. The zero-order valence-electron chi connectivity index (χ0n) is 16.3. The summed E-state index contributed by atoms with van der Waals surface area (Å²) in [6.45, 7) is -1.97. The number of anilines is 1. The van der Waals surface area contributed by atoms with Crippen molar-refractivity contribution in [1.82, 2.24) is 9.88 Å². The molecule has 32 heavy (non-hydrogen) atoms. The van der Waals surface area contributed by atoms with Crippen molar-refractivity contribution in [2.75, 3.05) is 24.4 Å². The number of nitrogens with zero attached hydrogens (tertiary/aromatic N) is 3. The van der Waals surface area contributed by atoms with Crippen molar-refractivity contribution in [3.05, 3.63) is 59.3 Å². The number of carboxylic acid groups (broad SMARTS) is 1. The summed E-state index contributed by atoms with van der Waals surface area (Å²) in [6.07, 6.45) is -8.45. The zero-order chi connectivity index (χ0) is 23.8. The summed E-state index contributed by atoms with van der Waals surface area (Å²) in [5.74, 6) is -0.421. The average Bonchev–Trinajstić information content (AvgIpc) is 2.70. The molecule has 7 nitrogen and oxygen atoms in total. The summed E-state index contributed by atoms with van der Waals surface area (Å²) in [5, 5.41) is 9.25. The summed E-state index contributed by atoms with van der Waals surface area (Å²) in [5.41, 5.74) is -2.45. The van der Waals surface area contributed by atoms with Crippen LogP contribution in [0.3, 0.4) is 0 Å². The number of hydrogen-bond donors (Lipinski definition) is 1. The van der Waals surface area contributed by atoms with E-state index in [0.29, 0.717) is 11.0 Å². The number of pyridine rings is 1. The predicted molar refractivity (Wildman–Crippen MR) is 105 cm³/mol. The van der Waals surface area contributed by atoms with E-state index in [1.54, 1.807) is 0 Å². The molecule has 0 saturated heterocycles. The molecule has 1 aliphatic heterocycles. The van der Waals surface area contributed by atoms with E-state index in [1.165, 1.54) is 18.2 Å². The fraction of sp³-hybridized carbons (Fsp3) is 0.263. The lowest BCUT2D eigenvalue weighted by molar-refractivity contribution is -0.137. The molecule has 3 rings (SSSR count). The first-order valence-corrected chi connectivity index (χ1v) is 10.4. The van der Waals surface area contributed by atoms with E-state index in [2.05, 4.69) is 4.98 Å². The minimum Gasteiger partial charge on any atom is -0.465 e. The summed E-state index contributed by atoms with van der Waals surface area (Å²) in [6, 6.07) is 6.41.